The number of aryl methyl sites for hydroxylation is 1. The molecule has 0 aliphatic heterocycles. The van der Waals surface area contributed by atoms with E-state index in [0.717, 1.165) is 23.4 Å². The van der Waals surface area contributed by atoms with Crippen molar-refractivity contribution in [1.29, 1.82) is 0 Å². The molecule has 0 bridgehead atoms. The number of halogens is 1. The van der Waals surface area contributed by atoms with Crippen molar-refractivity contribution >= 4 is 21.7 Å². The van der Waals surface area contributed by atoms with E-state index < -0.39 is 0 Å². The zero-order valence-corrected chi connectivity index (χ0v) is 13.6. The Balaban J connectivity index is 2.12. The molecule has 0 aliphatic carbocycles. The molecule has 0 saturated carbocycles. The Kier molecular flexibility index (Phi) is 5.01. The van der Waals surface area contributed by atoms with Gasteiger partial charge in [0, 0.05) is 25.1 Å². The van der Waals surface area contributed by atoms with Crippen molar-refractivity contribution in [3.05, 3.63) is 53.2 Å². The highest BCUT2D eigenvalue weighted by molar-refractivity contribution is 9.08. The normalized spacial score (nSPS) is 10.4. The van der Waals surface area contributed by atoms with Gasteiger partial charge in [-0.25, -0.2) is 4.98 Å². The minimum Gasteiger partial charge on any atom is -0.497 e. The molecular formula is C16H19BrN2O. The maximum atomic E-state index is 5.17. The van der Waals surface area contributed by atoms with Gasteiger partial charge in [-0.2, -0.15) is 0 Å². The van der Waals surface area contributed by atoms with Gasteiger partial charge in [0.1, 0.15) is 11.6 Å². The molecule has 0 aliphatic rings. The highest BCUT2D eigenvalue weighted by Gasteiger charge is 2.08. The van der Waals surface area contributed by atoms with Gasteiger partial charge in [0.15, 0.2) is 0 Å². The predicted octanol–water partition coefficient (Wildman–Crippen LogP) is 3.93. The minimum atomic E-state index is 0.825. The zero-order chi connectivity index (χ0) is 14.5. The fourth-order valence-corrected chi connectivity index (χ4v) is 2.48. The molecule has 0 N–H and O–H groups in total. The summed E-state index contributed by atoms with van der Waals surface area (Å²) in [5.74, 6) is 1.90. The summed E-state index contributed by atoms with van der Waals surface area (Å²) in [5.41, 5.74) is 3.63. The quantitative estimate of drug-likeness (QED) is 0.774. The molecular weight excluding hydrogens is 316 g/mol. The van der Waals surface area contributed by atoms with Crippen LogP contribution in [0.25, 0.3) is 0 Å². The van der Waals surface area contributed by atoms with Crippen LogP contribution in [0.2, 0.25) is 0 Å². The van der Waals surface area contributed by atoms with Gasteiger partial charge in [0.2, 0.25) is 0 Å². The Bertz CT molecular complexity index is 569. The second-order valence-electron chi connectivity index (χ2n) is 4.82. The second-order valence-corrected chi connectivity index (χ2v) is 5.38. The Hall–Kier alpha value is -1.55. The minimum absolute atomic E-state index is 0.825. The van der Waals surface area contributed by atoms with E-state index in [0.29, 0.717) is 0 Å². The molecule has 3 nitrogen and oxygen atoms in total. The largest absolute Gasteiger partial charge is 0.497 e. The molecule has 0 saturated heterocycles. The molecule has 1 heterocycles. The van der Waals surface area contributed by atoms with Gasteiger partial charge in [0.05, 0.1) is 7.11 Å². The van der Waals surface area contributed by atoms with Crippen molar-refractivity contribution < 1.29 is 4.74 Å². The zero-order valence-electron chi connectivity index (χ0n) is 12.1. The topological polar surface area (TPSA) is 25.4 Å². The maximum Gasteiger partial charge on any atom is 0.131 e. The average molecular weight is 335 g/mol. The molecule has 106 valence electrons. The Morgan fingerprint density at radius 2 is 1.90 bits per heavy atom. The van der Waals surface area contributed by atoms with Crippen molar-refractivity contribution in [3.63, 3.8) is 0 Å². The third-order valence-electron chi connectivity index (χ3n) is 3.20. The molecule has 1 aromatic heterocycles. The van der Waals surface area contributed by atoms with E-state index in [1.165, 1.54) is 16.7 Å². The fourth-order valence-electron chi connectivity index (χ4n) is 2.18. The van der Waals surface area contributed by atoms with Crippen LogP contribution in [0, 0.1) is 6.92 Å². The maximum absolute atomic E-state index is 5.17. The number of anilines is 1. The van der Waals surface area contributed by atoms with Crippen LogP contribution in [-0.4, -0.2) is 19.1 Å². The lowest BCUT2D eigenvalue weighted by Crippen LogP contribution is -2.18. The number of nitrogens with zero attached hydrogens (tertiary/aromatic N) is 2. The van der Waals surface area contributed by atoms with Crippen molar-refractivity contribution in [2.45, 2.75) is 18.8 Å². The number of pyridine rings is 1. The summed E-state index contributed by atoms with van der Waals surface area (Å²) < 4.78 is 5.17. The fraction of sp³-hybridized carbons (Fsp3) is 0.312. The second kappa shape index (κ2) is 6.75. The van der Waals surface area contributed by atoms with Gasteiger partial charge in [-0.1, -0.05) is 34.1 Å². The van der Waals surface area contributed by atoms with Crippen LogP contribution in [0.3, 0.4) is 0 Å². The molecule has 0 fully saturated rings. The first-order chi connectivity index (χ1) is 9.63. The highest BCUT2D eigenvalue weighted by atomic mass is 79.9. The van der Waals surface area contributed by atoms with Gasteiger partial charge in [-0.15, -0.1) is 0 Å². The van der Waals surface area contributed by atoms with Crippen LogP contribution < -0.4 is 9.64 Å². The molecule has 0 radical (unpaired) electrons. The third kappa shape index (κ3) is 3.51. The summed E-state index contributed by atoms with van der Waals surface area (Å²) in [5, 5.41) is 0.837. The Morgan fingerprint density at radius 3 is 2.45 bits per heavy atom. The van der Waals surface area contributed by atoms with Crippen LogP contribution in [0.5, 0.6) is 5.75 Å². The number of alkyl halides is 1. The molecule has 20 heavy (non-hydrogen) atoms. The standard InChI is InChI=1S/C16H19BrN2O/c1-12-8-14(9-17)10-18-16(12)19(2)11-13-4-6-15(20-3)7-5-13/h4-8,10H,9,11H2,1-3H3. The van der Waals surface area contributed by atoms with Gasteiger partial charge in [0.25, 0.3) is 0 Å². The van der Waals surface area contributed by atoms with Crippen LogP contribution >= 0.6 is 15.9 Å². The highest BCUT2D eigenvalue weighted by Crippen LogP contribution is 2.20. The van der Waals surface area contributed by atoms with E-state index in [1.807, 2.05) is 18.3 Å². The summed E-state index contributed by atoms with van der Waals surface area (Å²) in [6, 6.07) is 10.3. The third-order valence-corrected chi connectivity index (χ3v) is 3.85. The van der Waals surface area contributed by atoms with Crippen molar-refractivity contribution in [2.75, 3.05) is 19.1 Å². The van der Waals surface area contributed by atoms with E-state index >= 15 is 0 Å². The SMILES string of the molecule is COc1ccc(CN(C)c2ncc(CBr)cc2C)cc1. The van der Waals surface area contributed by atoms with Gasteiger partial charge in [-0.3, -0.25) is 0 Å². The van der Waals surface area contributed by atoms with E-state index in [1.54, 1.807) is 7.11 Å². The van der Waals surface area contributed by atoms with Crippen molar-refractivity contribution in [3.8, 4) is 5.75 Å². The number of ether oxygens (including phenoxy) is 1. The van der Waals surface area contributed by atoms with E-state index in [4.69, 9.17) is 4.74 Å². The van der Waals surface area contributed by atoms with Crippen LogP contribution in [-0.2, 0) is 11.9 Å². The average Bonchev–Trinajstić information content (AvgIpc) is 2.47. The molecule has 2 rings (SSSR count). The number of rotatable bonds is 5. The molecule has 0 amide bonds. The van der Waals surface area contributed by atoms with Crippen molar-refractivity contribution in [1.82, 2.24) is 4.98 Å². The van der Waals surface area contributed by atoms with Crippen molar-refractivity contribution in [2.24, 2.45) is 0 Å². The summed E-state index contributed by atoms with van der Waals surface area (Å²) in [4.78, 5) is 6.71. The van der Waals surface area contributed by atoms with Crippen LogP contribution in [0.4, 0.5) is 5.82 Å². The predicted molar refractivity (Wildman–Crippen MR) is 86.7 cm³/mol. The first-order valence-electron chi connectivity index (χ1n) is 6.49. The lowest BCUT2D eigenvalue weighted by atomic mass is 10.2. The lowest BCUT2D eigenvalue weighted by Gasteiger charge is -2.20. The van der Waals surface area contributed by atoms with E-state index in [2.05, 4.69) is 58.0 Å². The number of methoxy groups -OCH3 is 1. The monoisotopic (exact) mass is 334 g/mol. The first-order valence-corrected chi connectivity index (χ1v) is 7.61. The first kappa shape index (κ1) is 14.9. The van der Waals surface area contributed by atoms with Gasteiger partial charge in [-0.05, 0) is 35.7 Å². The Morgan fingerprint density at radius 1 is 1.20 bits per heavy atom. The summed E-state index contributed by atoms with van der Waals surface area (Å²) in [6.45, 7) is 2.92. The molecule has 0 atom stereocenters. The molecule has 0 unspecified atom stereocenters. The molecule has 2 aromatic rings. The van der Waals surface area contributed by atoms with Crippen LogP contribution in [0.1, 0.15) is 16.7 Å². The number of aromatic nitrogens is 1. The summed E-state index contributed by atoms with van der Waals surface area (Å²) >= 11 is 3.46. The van der Waals surface area contributed by atoms with Gasteiger partial charge >= 0.3 is 0 Å². The van der Waals surface area contributed by atoms with Crippen LogP contribution in [0.15, 0.2) is 36.5 Å². The van der Waals surface area contributed by atoms with E-state index in [9.17, 15) is 0 Å². The molecule has 1 aromatic carbocycles. The molecule has 4 heteroatoms. The van der Waals surface area contributed by atoms with Gasteiger partial charge < -0.3 is 9.64 Å². The van der Waals surface area contributed by atoms with E-state index in [-0.39, 0.29) is 0 Å². The Labute approximate surface area is 128 Å². The summed E-state index contributed by atoms with van der Waals surface area (Å²) in [7, 11) is 3.74. The smallest absolute Gasteiger partial charge is 0.131 e. The number of hydrogen-bond donors (Lipinski definition) is 0. The number of benzene rings is 1. The number of hydrogen-bond acceptors (Lipinski definition) is 3. The summed E-state index contributed by atoms with van der Waals surface area (Å²) in [6.07, 6.45) is 1.92. The lowest BCUT2D eigenvalue weighted by molar-refractivity contribution is 0.414. The molecule has 0 spiro atoms.